The van der Waals surface area contributed by atoms with Crippen LogP contribution in [0.5, 0.6) is 0 Å². The van der Waals surface area contributed by atoms with Crippen molar-refractivity contribution in [3.05, 3.63) is 35.9 Å². The van der Waals surface area contributed by atoms with Crippen molar-refractivity contribution in [1.82, 2.24) is 20.0 Å². The van der Waals surface area contributed by atoms with E-state index in [1.807, 2.05) is 18.2 Å². The zero-order valence-corrected chi connectivity index (χ0v) is 18.2. The molecule has 1 aromatic carbocycles. The Morgan fingerprint density at radius 3 is 2.61 bits per heavy atom. The molecule has 3 saturated heterocycles. The maximum atomic E-state index is 13.4. The molecule has 3 fully saturated rings. The molecular weight excluding hydrogens is 396 g/mol. The van der Waals surface area contributed by atoms with Crippen molar-refractivity contribution in [3.63, 3.8) is 0 Å². The predicted molar refractivity (Wildman–Crippen MR) is 115 cm³/mol. The minimum absolute atomic E-state index is 0.0162. The highest BCUT2D eigenvalue weighted by Crippen LogP contribution is 2.32. The lowest BCUT2D eigenvalue weighted by Crippen LogP contribution is -2.56. The molecule has 3 aliphatic heterocycles. The van der Waals surface area contributed by atoms with Gasteiger partial charge in [0.2, 0.25) is 5.91 Å². The first-order valence-electron chi connectivity index (χ1n) is 11.2. The van der Waals surface area contributed by atoms with Gasteiger partial charge < -0.3 is 15.0 Å². The van der Waals surface area contributed by atoms with E-state index < -0.39 is 5.54 Å². The second-order valence-electron chi connectivity index (χ2n) is 8.83. The Balaban J connectivity index is 1.37. The van der Waals surface area contributed by atoms with Crippen LogP contribution in [0.3, 0.4) is 0 Å². The van der Waals surface area contributed by atoms with Gasteiger partial charge in [-0.15, -0.1) is 0 Å². The van der Waals surface area contributed by atoms with Crippen LogP contribution in [0.1, 0.15) is 37.7 Å². The van der Waals surface area contributed by atoms with Crippen LogP contribution in [0.2, 0.25) is 0 Å². The lowest BCUT2D eigenvalue weighted by molar-refractivity contribution is -0.139. The van der Waals surface area contributed by atoms with Gasteiger partial charge in [-0.3, -0.25) is 19.4 Å². The molecule has 8 heteroatoms. The molecular formula is C23H32N4O4. The van der Waals surface area contributed by atoms with Gasteiger partial charge in [0.05, 0.1) is 19.1 Å². The number of methoxy groups -OCH3 is 1. The normalized spacial score (nSPS) is 24.0. The van der Waals surface area contributed by atoms with Crippen LogP contribution in [0.4, 0.5) is 4.79 Å². The summed E-state index contributed by atoms with van der Waals surface area (Å²) in [6.45, 7) is 3.85. The van der Waals surface area contributed by atoms with Gasteiger partial charge in [0.25, 0.3) is 5.91 Å². The molecule has 8 nitrogen and oxygen atoms in total. The third-order valence-electron chi connectivity index (χ3n) is 6.79. The Bertz CT molecular complexity index is 807. The van der Waals surface area contributed by atoms with Crippen LogP contribution in [-0.2, 0) is 20.9 Å². The molecule has 4 rings (SSSR count). The number of nitrogens with zero attached hydrogens (tertiary/aromatic N) is 3. The average molecular weight is 429 g/mol. The zero-order chi connectivity index (χ0) is 21.8. The summed E-state index contributed by atoms with van der Waals surface area (Å²) in [5.41, 5.74) is 0.453. The van der Waals surface area contributed by atoms with E-state index in [1.165, 1.54) is 10.5 Å². The Kier molecular flexibility index (Phi) is 6.57. The molecule has 3 heterocycles. The van der Waals surface area contributed by atoms with Gasteiger partial charge in [0.15, 0.2) is 0 Å². The first kappa shape index (κ1) is 21.8. The predicted octanol–water partition coefficient (Wildman–Crippen LogP) is 1.60. The smallest absolute Gasteiger partial charge is 0.325 e. The molecule has 0 unspecified atom stereocenters. The molecule has 1 atom stereocenters. The average Bonchev–Trinajstić information content (AvgIpc) is 3.03. The maximum Gasteiger partial charge on any atom is 0.325 e. The number of urea groups is 1. The molecule has 0 radical (unpaired) electrons. The lowest BCUT2D eigenvalue weighted by Gasteiger charge is -2.39. The van der Waals surface area contributed by atoms with Crippen LogP contribution >= 0.6 is 0 Å². The highest BCUT2D eigenvalue weighted by atomic mass is 16.5. The summed E-state index contributed by atoms with van der Waals surface area (Å²) in [5.74, 6) is -0.101. The Morgan fingerprint density at radius 1 is 1.16 bits per heavy atom. The number of carbonyl (C=O) groups is 3. The molecule has 1 spiro atoms. The lowest BCUT2D eigenvalue weighted by atomic mass is 9.87. The van der Waals surface area contributed by atoms with Gasteiger partial charge in [-0.25, -0.2) is 4.79 Å². The van der Waals surface area contributed by atoms with Crippen molar-refractivity contribution in [3.8, 4) is 0 Å². The summed E-state index contributed by atoms with van der Waals surface area (Å²) in [6, 6.07) is 9.73. The number of carbonyl (C=O) groups excluding carboxylic acids is 3. The van der Waals surface area contributed by atoms with E-state index in [9.17, 15) is 14.4 Å². The van der Waals surface area contributed by atoms with Crippen molar-refractivity contribution < 1.29 is 19.1 Å². The van der Waals surface area contributed by atoms with E-state index >= 15 is 0 Å². The van der Waals surface area contributed by atoms with E-state index in [0.717, 1.165) is 32.5 Å². The maximum absolute atomic E-state index is 13.4. The van der Waals surface area contributed by atoms with Crippen molar-refractivity contribution in [2.75, 3.05) is 39.9 Å². The highest BCUT2D eigenvalue weighted by Gasteiger charge is 2.54. The van der Waals surface area contributed by atoms with Crippen LogP contribution in [-0.4, -0.2) is 84.0 Å². The highest BCUT2D eigenvalue weighted by molar-refractivity contribution is 6.07. The van der Waals surface area contributed by atoms with Crippen molar-refractivity contribution in [2.45, 2.75) is 50.2 Å². The van der Waals surface area contributed by atoms with E-state index in [2.05, 4.69) is 22.3 Å². The number of nitrogens with one attached hydrogen (secondary N) is 1. The fourth-order valence-electron chi connectivity index (χ4n) is 4.99. The Hall–Kier alpha value is -2.45. The molecule has 1 N–H and O–H groups in total. The van der Waals surface area contributed by atoms with E-state index in [1.54, 1.807) is 12.0 Å². The number of piperidine rings is 2. The second-order valence-corrected chi connectivity index (χ2v) is 8.83. The standard InChI is InChI=1S/C23H32N4O4/c1-31-15-9-20(28)26-12-5-8-19(17-26)27-21(29)23(24-22(27)30)10-13-25(14-11-23)16-18-6-3-2-4-7-18/h2-4,6-7,19H,5,8-17H2,1H3,(H,24,30)/t19-/m0/s1. The molecule has 0 saturated carbocycles. The number of benzene rings is 1. The first-order valence-corrected chi connectivity index (χ1v) is 11.2. The minimum atomic E-state index is -0.799. The van der Waals surface area contributed by atoms with Gasteiger partial charge in [-0.05, 0) is 31.2 Å². The summed E-state index contributed by atoms with van der Waals surface area (Å²) < 4.78 is 5.01. The third kappa shape index (κ3) is 4.60. The molecule has 168 valence electrons. The Labute approximate surface area is 183 Å². The molecule has 0 bridgehead atoms. The van der Waals surface area contributed by atoms with Gasteiger partial charge in [0, 0.05) is 39.8 Å². The van der Waals surface area contributed by atoms with Crippen LogP contribution in [0, 0.1) is 0 Å². The molecule has 31 heavy (non-hydrogen) atoms. The van der Waals surface area contributed by atoms with Crippen LogP contribution in [0.15, 0.2) is 30.3 Å². The van der Waals surface area contributed by atoms with Crippen LogP contribution in [0.25, 0.3) is 0 Å². The number of likely N-dealkylation sites (tertiary alicyclic amines) is 2. The minimum Gasteiger partial charge on any atom is -0.384 e. The number of ether oxygens (including phenoxy) is 1. The Morgan fingerprint density at radius 2 is 1.90 bits per heavy atom. The summed E-state index contributed by atoms with van der Waals surface area (Å²) >= 11 is 0. The molecule has 1 aromatic rings. The van der Waals surface area contributed by atoms with E-state index in [0.29, 0.717) is 39.0 Å². The SMILES string of the molecule is COCCC(=O)N1CCC[C@H](N2C(=O)NC3(CCN(Cc4ccccc4)CC3)C2=O)C1. The van der Waals surface area contributed by atoms with Gasteiger partial charge in [0.1, 0.15) is 5.54 Å². The number of rotatable bonds is 6. The van der Waals surface area contributed by atoms with Gasteiger partial charge in [-0.1, -0.05) is 30.3 Å². The second kappa shape index (κ2) is 9.36. The first-order chi connectivity index (χ1) is 15.0. The van der Waals surface area contributed by atoms with E-state index in [4.69, 9.17) is 4.74 Å². The largest absolute Gasteiger partial charge is 0.384 e. The molecule has 0 aliphatic carbocycles. The van der Waals surface area contributed by atoms with Crippen molar-refractivity contribution in [2.24, 2.45) is 0 Å². The summed E-state index contributed by atoms with van der Waals surface area (Å²) in [7, 11) is 1.57. The number of amides is 4. The molecule has 3 aliphatic rings. The summed E-state index contributed by atoms with van der Waals surface area (Å²) in [4.78, 5) is 44.1. The molecule has 0 aromatic heterocycles. The third-order valence-corrected chi connectivity index (χ3v) is 6.79. The van der Waals surface area contributed by atoms with Gasteiger partial charge >= 0.3 is 6.03 Å². The van der Waals surface area contributed by atoms with Gasteiger partial charge in [-0.2, -0.15) is 0 Å². The van der Waals surface area contributed by atoms with Crippen molar-refractivity contribution in [1.29, 1.82) is 0 Å². The number of imide groups is 1. The zero-order valence-electron chi connectivity index (χ0n) is 18.2. The number of hydrogen-bond donors (Lipinski definition) is 1. The summed E-state index contributed by atoms with van der Waals surface area (Å²) in [5, 5.41) is 3.02. The van der Waals surface area contributed by atoms with Crippen molar-refractivity contribution >= 4 is 17.8 Å². The summed E-state index contributed by atoms with van der Waals surface area (Å²) in [6.07, 6.45) is 3.08. The van der Waals surface area contributed by atoms with Crippen LogP contribution < -0.4 is 5.32 Å². The quantitative estimate of drug-likeness (QED) is 0.696. The fourth-order valence-corrected chi connectivity index (χ4v) is 4.99. The fraction of sp³-hybridized carbons (Fsp3) is 0.609. The topological polar surface area (TPSA) is 82.2 Å². The monoisotopic (exact) mass is 428 g/mol. The molecule has 4 amide bonds. The van der Waals surface area contributed by atoms with E-state index in [-0.39, 0.29) is 23.9 Å². The number of hydrogen-bond acceptors (Lipinski definition) is 5.